The Morgan fingerprint density at radius 1 is 1.03 bits per heavy atom. The van der Waals surface area contributed by atoms with Gasteiger partial charge in [0.1, 0.15) is 5.75 Å². The summed E-state index contributed by atoms with van der Waals surface area (Å²) in [5.41, 5.74) is 22.3. The van der Waals surface area contributed by atoms with Crippen LogP contribution >= 0.6 is 0 Å². The Morgan fingerprint density at radius 3 is 2.22 bits per heavy atom. The molecule has 0 aliphatic carbocycles. The Balaban J connectivity index is 2.22. The maximum atomic E-state index is 13.1. The lowest BCUT2D eigenvalue weighted by Crippen LogP contribution is -2.59. The third kappa shape index (κ3) is 9.12. The van der Waals surface area contributed by atoms with E-state index in [9.17, 15) is 24.6 Å². The third-order valence-electron chi connectivity index (χ3n) is 5.90. The van der Waals surface area contributed by atoms with Crippen LogP contribution < -0.4 is 22.6 Å². The van der Waals surface area contributed by atoms with E-state index in [-0.39, 0.29) is 31.0 Å². The lowest BCUT2D eigenvalue weighted by Gasteiger charge is -2.30. The fourth-order valence-corrected chi connectivity index (χ4v) is 3.96. The van der Waals surface area contributed by atoms with Crippen molar-refractivity contribution >= 4 is 23.7 Å². The summed E-state index contributed by atoms with van der Waals surface area (Å²) >= 11 is 0. The number of benzene rings is 2. The number of carboxylic acid groups (broad SMARTS) is 1. The number of unbranched alkanes of at least 4 members (excludes halogenated alkanes) is 1. The molecular weight excluding hydrogens is 476 g/mol. The molecule has 2 rings (SSSR count). The molecule has 2 aromatic carbocycles. The van der Waals surface area contributed by atoms with E-state index >= 15 is 0 Å². The molecule has 0 unspecified atom stereocenters. The average Bonchev–Trinajstić information content (AvgIpc) is 2.83. The number of aromatic hydroxyl groups is 1. The van der Waals surface area contributed by atoms with Crippen LogP contribution in [0.3, 0.4) is 0 Å². The van der Waals surface area contributed by atoms with Crippen LogP contribution in [-0.2, 0) is 27.2 Å². The van der Waals surface area contributed by atoms with E-state index in [4.69, 9.17) is 17.2 Å². The second-order valence-electron chi connectivity index (χ2n) is 8.92. The summed E-state index contributed by atoms with van der Waals surface area (Å²) in [5, 5.41) is 20.6. The second-order valence-corrected chi connectivity index (χ2v) is 8.92. The summed E-state index contributed by atoms with van der Waals surface area (Å²) in [4.78, 5) is 42.3. The van der Waals surface area contributed by atoms with Gasteiger partial charge in [0.05, 0.1) is 6.04 Å². The van der Waals surface area contributed by atoms with Crippen LogP contribution in [0.1, 0.15) is 41.5 Å². The molecule has 9 N–H and O–H groups in total. The smallest absolute Gasteiger partial charge is 0.328 e. The van der Waals surface area contributed by atoms with Crippen molar-refractivity contribution in [1.29, 1.82) is 0 Å². The van der Waals surface area contributed by atoms with Crippen molar-refractivity contribution in [3.8, 4) is 5.75 Å². The second kappa shape index (κ2) is 13.8. The van der Waals surface area contributed by atoms with E-state index in [1.807, 2.05) is 0 Å². The fraction of sp³-hybridized carbons (Fsp3) is 0.385. The van der Waals surface area contributed by atoms with Crippen LogP contribution in [0, 0.1) is 13.8 Å². The summed E-state index contributed by atoms with van der Waals surface area (Å²) < 4.78 is 0. The molecule has 0 saturated carbocycles. The normalized spacial score (nSPS) is 12.3. The van der Waals surface area contributed by atoms with Crippen molar-refractivity contribution in [3.63, 3.8) is 0 Å². The lowest BCUT2D eigenvalue weighted by molar-refractivity contribution is -0.156. The molecule has 200 valence electrons. The van der Waals surface area contributed by atoms with Gasteiger partial charge in [-0.15, -0.1) is 0 Å². The van der Waals surface area contributed by atoms with Crippen molar-refractivity contribution in [1.82, 2.24) is 10.4 Å². The monoisotopic (exact) mass is 512 g/mol. The quantitative estimate of drug-likeness (QED) is 0.104. The number of rotatable bonds is 12. The van der Waals surface area contributed by atoms with Gasteiger partial charge >= 0.3 is 5.97 Å². The molecule has 0 aliphatic heterocycles. The molecule has 37 heavy (non-hydrogen) atoms. The van der Waals surface area contributed by atoms with Gasteiger partial charge in [0, 0.05) is 19.4 Å². The fourth-order valence-electron chi connectivity index (χ4n) is 3.96. The molecule has 0 spiro atoms. The van der Waals surface area contributed by atoms with Crippen molar-refractivity contribution in [2.24, 2.45) is 22.2 Å². The van der Waals surface area contributed by atoms with Gasteiger partial charge in [-0.3, -0.25) is 20.0 Å². The number of phenols is 1. The van der Waals surface area contributed by atoms with Gasteiger partial charge < -0.3 is 27.4 Å². The van der Waals surface area contributed by atoms with Gasteiger partial charge in [-0.1, -0.05) is 30.3 Å². The SMILES string of the molecule is Cc1cc(O)cc(C)c1C[C@@H](N)C(=O)NN(C(=O)CCCCN=C(N)N)[C@@H](Cc1ccccc1)C(=O)O. The first kappa shape index (κ1) is 29.1. The Hall–Kier alpha value is -4.12. The van der Waals surface area contributed by atoms with E-state index in [2.05, 4.69) is 10.4 Å². The Morgan fingerprint density at radius 2 is 1.65 bits per heavy atom. The number of nitrogens with two attached hydrogens (primary N) is 3. The highest BCUT2D eigenvalue weighted by Crippen LogP contribution is 2.22. The van der Waals surface area contributed by atoms with Gasteiger partial charge in [-0.2, -0.15) is 0 Å². The third-order valence-corrected chi connectivity index (χ3v) is 5.90. The van der Waals surface area contributed by atoms with E-state index < -0.39 is 29.9 Å². The molecule has 0 bridgehead atoms. The number of amides is 2. The minimum Gasteiger partial charge on any atom is -0.508 e. The Labute approximate surface area is 216 Å². The molecule has 2 aromatic rings. The van der Waals surface area contributed by atoms with Crippen molar-refractivity contribution in [2.45, 2.75) is 58.0 Å². The average molecular weight is 513 g/mol. The van der Waals surface area contributed by atoms with E-state index in [0.717, 1.165) is 21.7 Å². The Bertz CT molecular complexity index is 1090. The first-order valence-corrected chi connectivity index (χ1v) is 12.0. The van der Waals surface area contributed by atoms with Crippen LogP contribution in [0.2, 0.25) is 0 Å². The number of aliphatic imine (C=N–C) groups is 1. The van der Waals surface area contributed by atoms with Crippen LogP contribution in [0.15, 0.2) is 47.5 Å². The number of carbonyl (C=O) groups excluding carboxylic acids is 2. The van der Waals surface area contributed by atoms with Crippen molar-refractivity contribution in [3.05, 3.63) is 64.7 Å². The molecule has 0 aromatic heterocycles. The number of aryl methyl sites for hydroxylation is 2. The minimum atomic E-state index is -1.35. The first-order valence-electron chi connectivity index (χ1n) is 12.0. The molecule has 2 amide bonds. The van der Waals surface area contributed by atoms with Crippen LogP contribution in [0.25, 0.3) is 0 Å². The summed E-state index contributed by atoms with van der Waals surface area (Å²) in [7, 11) is 0. The predicted octanol–water partition coefficient (Wildman–Crippen LogP) is 0.878. The number of hydrogen-bond donors (Lipinski definition) is 6. The van der Waals surface area contributed by atoms with Crippen LogP contribution in [0.5, 0.6) is 5.75 Å². The van der Waals surface area contributed by atoms with E-state index in [1.165, 1.54) is 0 Å². The molecule has 0 fully saturated rings. The lowest BCUT2D eigenvalue weighted by atomic mass is 9.96. The highest BCUT2D eigenvalue weighted by Gasteiger charge is 2.32. The summed E-state index contributed by atoms with van der Waals surface area (Å²) in [6.45, 7) is 3.92. The number of hydrazine groups is 1. The number of aliphatic carboxylic acids is 1. The van der Waals surface area contributed by atoms with Crippen molar-refractivity contribution in [2.75, 3.05) is 6.54 Å². The Kier molecular flexibility index (Phi) is 10.9. The summed E-state index contributed by atoms with van der Waals surface area (Å²) in [6, 6.07) is 9.56. The van der Waals surface area contributed by atoms with Gasteiger partial charge in [0.2, 0.25) is 5.91 Å². The van der Waals surface area contributed by atoms with E-state index in [1.54, 1.807) is 56.3 Å². The largest absolute Gasteiger partial charge is 0.508 e. The molecule has 0 radical (unpaired) electrons. The zero-order chi connectivity index (χ0) is 27.5. The first-order chi connectivity index (χ1) is 17.5. The van der Waals surface area contributed by atoms with Gasteiger partial charge in [0.25, 0.3) is 5.91 Å². The number of carbonyl (C=O) groups is 3. The van der Waals surface area contributed by atoms with Crippen LogP contribution in [-0.4, -0.2) is 57.6 Å². The molecule has 0 aliphatic rings. The van der Waals surface area contributed by atoms with Crippen LogP contribution in [0.4, 0.5) is 0 Å². The zero-order valence-electron chi connectivity index (χ0n) is 21.2. The molecule has 2 atom stereocenters. The standard InChI is InChI=1S/C26H36N6O5/c1-16-12-19(33)13-17(2)20(16)15-21(27)24(35)31-32(23(34)10-6-7-11-30-26(28)29)22(25(36)37)14-18-8-4-3-5-9-18/h3-5,8-9,12-13,21-22,33H,6-7,10-11,14-15,27H2,1-2H3,(H,31,35)(H,36,37)(H4,28,29,30)/t21-,22+/m1/s1. The molecule has 11 nitrogen and oxygen atoms in total. The number of nitrogens with one attached hydrogen (secondary N) is 1. The molecule has 11 heteroatoms. The van der Waals surface area contributed by atoms with E-state index in [0.29, 0.717) is 24.9 Å². The number of guanidine groups is 1. The minimum absolute atomic E-state index is 0.0123. The number of phenolic OH excluding ortho intramolecular Hbond substituents is 1. The number of hydrogen-bond acceptors (Lipinski definition) is 6. The van der Waals surface area contributed by atoms with Gasteiger partial charge in [-0.25, -0.2) is 9.80 Å². The van der Waals surface area contributed by atoms with Gasteiger partial charge in [0.15, 0.2) is 12.0 Å². The highest BCUT2D eigenvalue weighted by molar-refractivity contribution is 5.88. The van der Waals surface area contributed by atoms with Gasteiger partial charge in [-0.05, 0) is 67.5 Å². The molecular formula is C26H36N6O5. The van der Waals surface area contributed by atoms with Crippen molar-refractivity contribution < 1.29 is 24.6 Å². The number of carboxylic acids is 1. The molecule has 0 heterocycles. The zero-order valence-corrected chi connectivity index (χ0v) is 21.2. The maximum Gasteiger partial charge on any atom is 0.328 e. The number of nitrogens with zero attached hydrogens (tertiary/aromatic N) is 2. The molecule has 0 saturated heterocycles. The highest BCUT2D eigenvalue weighted by atomic mass is 16.4. The summed E-state index contributed by atoms with van der Waals surface area (Å²) in [5.74, 6) is -2.47. The topological polar surface area (TPSA) is 197 Å². The predicted molar refractivity (Wildman–Crippen MR) is 140 cm³/mol. The maximum absolute atomic E-state index is 13.1. The summed E-state index contributed by atoms with van der Waals surface area (Å²) in [6.07, 6.45) is 0.991.